The largest absolute Gasteiger partial charge is 0.481 e. The van der Waals surface area contributed by atoms with E-state index >= 15 is 0 Å². The van der Waals surface area contributed by atoms with Crippen LogP contribution in [-0.4, -0.2) is 30.6 Å². The summed E-state index contributed by atoms with van der Waals surface area (Å²) in [7, 11) is 0. The summed E-state index contributed by atoms with van der Waals surface area (Å²) >= 11 is 0. The third-order valence-electron chi connectivity index (χ3n) is 3.36. The molecule has 0 radical (unpaired) electrons. The van der Waals surface area contributed by atoms with Crippen molar-refractivity contribution in [2.24, 2.45) is 0 Å². The molecule has 1 saturated heterocycles. The maximum absolute atomic E-state index is 11.4. The van der Waals surface area contributed by atoms with Crippen LogP contribution in [0.15, 0.2) is 18.2 Å². The van der Waals surface area contributed by atoms with Crippen LogP contribution in [0.4, 0.5) is 0 Å². The molecule has 0 aromatic heterocycles. The molecule has 1 aromatic carbocycles. The maximum atomic E-state index is 11.4. The van der Waals surface area contributed by atoms with Crippen LogP contribution in [0.5, 0.6) is 11.5 Å². The minimum absolute atomic E-state index is 0.191. The van der Waals surface area contributed by atoms with Gasteiger partial charge in [-0.1, -0.05) is 6.07 Å². The van der Waals surface area contributed by atoms with Gasteiger partial charge in [0.05, 0.1) is 6.10 Å². The van der Waals surface area contributed by atoms with Crippen molar-refractivity contribution in [1.82, 2.24) is 0 Å². The minimum Gasteiger partial charge on any atom is -0.481 e. The second-order valence-corrected chi connectivity index (χ2v) is 4.48. The number of fused-ring (bicyclic) bond motifs is 1. The van der Waals surface area contributed by atoms with Gasteiger partial charge in [-0.15, -0.1) is 0 Å². The molecule has 0 aliphatic carbocycles. The molecule has 18 heavy (non-hydrogen) atoms. The standard InChI is InChI=1S/C13H14O5/c14-13(15)12(10-2-1-5-16-10)8-3-4-9-11(6-8)18-7-17-9/h3-4,6,10,12H,1-2,5,7H2,(H,14,15). The van der Waals surface area contributed by atoms with Crippen LogP contribution in [0, 0.1) is 0 Å². The molecule has 1 aromatic rings. The number of carboxylic acids is 1. The molecule has 96 valence electrons. The Balaban J connectivity index is 1.92. The number of hydrogen-bond acceptors (Lipinski definition) is 4. The molecule has 2 heterocycles. The number of benzene rings is 1. The van der Waals surface area contributed by atoms with Crippen molar-refractivity contribution in [3.63, 3.8) is 0 Å². The topological polar surface area (TPSA) is 65.0 Å². The fraction of sp³-hybridized carbons (Fsp3) is 0.462. The summed E-state index contributed by atoms with van der Waals surface area (Å²) in [4.78, 5) is 11.4. The lowest BCUT2D eigenvalue weighted by atomic mass is 9.91. The number of carboxylic acid groups (broad SMARTS) is 1. The van der Waals surface area contributed by atoms with Crippen molar-refractivity contribution in [3.05, 3.63) is 23.8 Å². The molecule has 5 heteroatoms. The lowest BCUT2D eigenvalue weighted by Gasteiger charge is -2.19. The molecular weight excluding hydrogens is 236 g/mol. The first-order valence-electron chi connectivity index (χ1n) is 5.99. The van der Waals surface area contributed by atoms with Gasteiger partial charge in [-0.2, -0.15) is 0 Å². The summed E-state index contributed by atoms with van der Waals surface area (Å²) in [6.45, 7) is 0.829. The van der Waals surface area contributed by atoms with E-state index in [4.69, 9.17) is 14.2 Å². The first-order valence-corrected chi connectivity index (χ1v) is 5.99. The van der Waals surface area contributed by atoms with E-state index in [2.05, 4.69) is 0 Å². The van der Waals surface area contributed by atoms with Crippen LogP contribution in [0.1, 0.15) is 24.3 Å². The van der Waals surface area contributed by atoms with Crippen molar-refractivity contribution >= 4 is 5.97 Å². The van der Waals surface area contributed by atoms with Crippen molar-refractivity contribution in [2.75, 3.05) is 13.4 Å². The summed E-state index contributed by atoms with van der Waals surface area (Å²) in [5.74, 6) is -0.227. The highest BCUT2D eigenvalue weighted by atomic mass is 16.7. The number of ether oxygens (including phenoxy) is 3. The number of aliphatic carboxylic acids is 1. The van der Waals surface area contributed by atoms with Gasteiger partial charge in [-0.05, 0) is 30.5 Å². The first kappa shape index (κ1) is 11.3. The Morgan fingerprint density at radius 1 is 1.33 bits per heavy atom. The average molecular weight is 250 g/mol. The van der Waals surface area contributed by atoms with E-state index < -0.39 is 11.9 Å². The van der Waals surface area contributed by atoms with Crippen LogP contribution < -0.4 is 9.47 Å². The van der Waals surface area contributed by atoms with Crippen LogP contribution in [0.3, 0.4) is 0 Å². The van der Waals surface area contributed by atoms with Gasteiger partial charge in [-0.25, -0.2) is 0 Å². The fourth-order valence-electron chi connectivity index (χ4n) is 2.49. The Bertz CT molecular complexity index is 464. The highest BCUT2D eigenvalue weighted by Crippen LogP contribution is 2.37. The van der Waals surface area contributed by atoms with E-state index in [-0.39, 0.29) is 12.9 Å². The summed E-state index contributed by atoms with van der Waals surface area (Å²) < 4.78 is 16.0. The second-order valence-electron chi connectivity index (χ2n) is 4.48. The molecule has 2 atom stereocenters. The Hall–Kier alpha value is -1.75. The van der Waals surface area contributed by atoms with Gasteiger partial charge in [0.1, 0.15) is 5.92 Å². The van der Waals surface area contributed by atoms with E-state index in [9.17, 15) is 9.90 Å². The van der Waals surface area contributed by atoms with Gasteiger partial charge < -0.3 is 19.3 Å². The van der Waals surface area contributed by atoms with Crippen molar-refractivity contribution in [2.45, 2.75) is 24.9 Å². The van der Waals surface area contributed by atoms with E-state index in [1.807, 2.05) is 0 Å². The molecule has 0 amide bonds. The van der Waals surface area contributed by atoms with Crippen molar-refractivity contribution in [1.29, 1.82) is 0 Å². The number of carbonyl (C=O) groups is 1. The molecule has 0 saturated carbocycles. The molecule has 3 rings (SSSR count). The Kier molecular flexibility index (Phi) is 2.83. The fourth-order valence-corrected chi connectivity index (χ4v) is 2.49. The molecule has 2 unspecified atom stereocenters. The van der Waals surface area contributed by atoms with E-state index in [1.165, 1.54) is 0 Å². The van der Waals surface area contributed by atoms with Gasteiger partial charge >= 0.3 is 5.97 Å². The molecule has 2 aliphatic heterocycles. The second kappa shape index (κ2) is 4.49. The zero-order valence-corrected chi connectivity index (χ0v) is 9.80. The predicted octanol–water partition coefficient (Wildman–Crippen LogP) is 1.76. The SMILES string of the molecule is O=C(O)C(c1ccc2c(c1)OCO2)C1CCCO1. The molecule has 0 spiro atoms. The van der Waals surface area contributed by atoms with Crippen LogP contribution in [-0.2, 0) is 9.53 Å². The lowest BCUT2D eigenvalue weighted by Crippen LogP contribution is -2.25. The molecule has 1 fully saturated rings. The van der Waals surface area contributed by atoms with Crippen LogP contribution in [0.25, 0.3) is 0 Å². The number of hydrogen-bond donors (Lipinski definition) is 1. The average Bonchev–Trinajstić information content (AvgIpc) is 2.98. The molecule has 0 bridgehead atoms. The Morgan fingerprint density at radius 2 is 2.17 bits per heavy atom. The van der Waals surface area contributed by atoms with Crippen molar-refractivity contribution in [3.8, 4) is 11.5 Å². The quantitative estimate of drug-likeness (QED) is 0.885. The van der Waals surface area contributed by atoms with Crippen LogP contribution in [0.2, 0.25) is 0 Å². The first-order chi connectivity index (χ1) is 8.75. The summed E-state index contributed by atoms with van der Waals surface area (Å²) in [6, 6.07) is 5.26. The van der Waals surface area contributed by atoms with Gasteiger partial charge in [0.15, 0.2) is 11.5 Å². The van der Waals surface area contributed by atoms with E-state index in [0.717, 1.165) is 12.8 Å². The lowest BCUT2D eigenvalue weighted by molar-refractivity contribution is -0.141. The number of rotatable bonds is 3. The summed E-state index contributed by atoms with van der Waals surface area (Å²) in [6.07, 6.45) is 1.45. The third-order valence-corrected chi connectivity index (χ3v) is 3.36. The zero-order chi connectivity index (χ0) is 12.5. The Labute approximate surface area is 104 Å². The Morgan fingerprint density at radius 3 is 2.89 bits per heavy atom. The summed E-state index contributed by atoms with van der Waals surface area (Å²) in [5.41, 5.74) is 0.707. The maximum Gasteiger partial charge on any atom is 0.313 e. The smallest absolute Gasteiger partial charge is 0.313 e. The van der Waals surface area contributed by atoms with E-state index in [0.29, 0.717) is 23.7 Å². The summed E-state index contributed by atoms with van der Waals surface area (Å²) in [5, 5.41) is 9.38. The molecular formula is C13H14O5. The monoisotopic (exact) mass is 250 g/mol. The zero-order valence-electron chi connectivity index (χ0n) is 9.80. The van der Waals surface area contributed by atoms with Crippen molar-refractivity contribution < 1.29 is 24.1 Å². The highest BCUT2D eigenvalue weighted by Gasteiger charge is 2.33. The molecule has 2 aliphatic rings. The van der Waals surface area contributed by atoms with Gasteiger partial charge in [-0.3, -0.25) is 4.79 Å². The molecule has 5 nitrogen and oxygen atoms in total. The highest BCUT2D eigenvalue weighted by molar-refractivity contribution is 5.77. The normalized spacial score (nSPS) is 23.0. The minimum atomic E-state index is -0.860. The predicted molar refractivity (Wildman–Crippen MR) is 61.9 cm³/mol. The van der Waals surface area contributed by atoms with Gasteiger partial charge in [0, 0.05) is 6.61 Å². The third kappa shape index (κ3) is 1.90. The van der Waals surface area contributed by atoms with Gasteiger partial charge in [0.2, 0.25) is 6.79 Å². The van der Waals surface area contributed by atoms with Crippen LogP contribution >= 0.6 is 0 Å². The molecule has 1 N–H and O–H groups in total. The van der Waals surface area contributed by atoms with Gasteiger partial charge in [0.25, 0.3) is 0 Å². The van der Waals surface area contributed by atoms with E-state index in [1.54, 1.807) is 18.2 Å².